The zero-order chi connectivity index (χ0) is 20.0. The first kappa shape index (κ1) is 20.9. The molecule has 0 fully saturated rings. The van der Waals surface area contributed by atoms with Crippen molar-refractivity contribution in [2.75, 3.05) is 19.0 Å². The number of methoxy groups -OCH3 is 1. The molecule has 0 amide bonds. The van der Waals surface area contributed by atoms with Crippen LogP contribution in [-0.2, 0) is 14.8 Å². The van der Waals surface area contributed by atoms with Crippen LogP contribution in [0.2, 0.25) is 0 Å². The predicted molar refractivity (Wildman–Crippen MR) is 104 cm³/mol. The minimum atomic E-state index is -3.88. The Labute approximate surface area is 159 Å². The van der Waals surface area contributed by atoms with Gasteiger partial charge in [0.2, 0.25) is 10.0 Å². The number of benzene rings is 2. The van der Waals surface area contributed by atoms with Crippen molar-refractivity contribution in [3.8, 4) is 0 Å². The molecule has 0 aromatic heterocycles. The second-order valence-corrected chi connectivity index (χ2v) is 7.98. The van der Waals surface area contributed by atoms with Crippen molar-refractivity contribution < 1.29 is 23.1 Å². The van der Waals surface area contributed by atoms with E-state index in [1.807, 2.05) is 37.3 Å². The molecule has 2 rings (SSSR count). The molecule has 0 saturated heterocycles. The number of anilines is 1. The largest absolute Gasteiger partial charge is 0.478 e. The number of rotatable bonds is 9. The molecular formula is C19H24N2O5S. The molecule has 2 atom stereocenters. The highest BCUT2D eigenvalue weighted by atomic mass is 32.2. The molecule has 3 N–H and O–H groups in total. The highest BCUT2D eigenvalue weighted by Gasteiger charge is 2.22. The molecule has 0 heterocycles. The Hall–Kier alpha value is -2.42. The van der Waals surface area contributed by atoms with E-state index in [0.29, 0.717) is 12.3 Å². The normalized spacial score (nSPS) is 13.7. The van der Waals surface area contributed by atoms with Crippen molar-refractivity contribution in [1.29, 1.82) is 0 Å². The Balaban J connectivity index is 2.29. The first-order valence-electron chi connectivity index (χ1n) is 8.44. The van der Waals surface area contributed by atoms with E-state index < -0.39 is 22.0 Å². The zero-order valence-corrected chi connectivity index (χ0v) is 16.3. The first-order valence-corrected chi connectivity index (χ1v) is 9.93. The van der Waals surface area contributed by atoms with E-state index >= 15 is 0 Å². The van der Waals surface area contributed by atoms with E-state index in [2.05, 4.69) is 10.0 Å². The summed E-state index contributed by atoms with van der Waals surface area (Å²) in [6.45, 7) is 3.95. The van der Waals surface area contributed by atoms with Crippen LogP contribution < -0.4 is 10.0 Å². The van der Waals surface area contributed by atoms with Crippen LogP contribution in [0, 0.1) is 0 Å². The summed E-state index contributed by atoms with van der Waals surface area (Å²) in [4.78, 5) is 11.5. The Morgan fingerprint density at radius 2 is 1.81 bits per heavy atom. The highest BCUT2D eigenvalue weighted by Crippen LogP contribution is 2.23. The number of carbonyl (C=O) groups is 1. The third-order valence-electron chi connectivity index (χ3n) is 3.98. The monoisotopic (exact) mass is 392 g/mol. The van der Waals surface area contributed by atoms with Gasteiger partial charge in [0, 0.05) is 24.9 Å². The topological polar surface area (TPSA) is 105 Å². The average molecular weight is 392 g/mol. The number of hydrogen-bond donors (Lipinski definition) is 3. The number of aromatic carboxylic acids is 1. The second kappa shape index (κ2) is 8.98. The minimum Gasteiger partial charge on any atom is -0.478 e. The van der Waals surface area contributed by atoms with Crippen molar-refractivity contribution >= 4 is 21.7 Å². The SMILES string of the molecule is COC[C@H](C)Nc1ccc(S(=O)(=O)N[C@@H](C)c2ccccc2)cc1C(=O)O. The van der Waals surface area contributed by atoms with Gasteiger partial charge in [-0.05, 0) is 37.6 Å². The number of nitrogens with one attached hydrogen (secondary N) is 2. The fourth-order valence-corrected chi connectivity index (χ4v) is 3.92. The maximum atomic E-state index is 12.7. The molecule has 0 saturated carbocycles. The molecule has 27 heavy (non-hydrogen) atoms. The summed E-state index contributed by atoms with van der Waals surface area (Å²) < 4.78 is 33.0. The number of sulfonamides is 1. The quantitative estimate of drug-likeness (QED) is 0.606. The maximum absolute atomic E-state index is 12.7. The van der Waals surface area contributed by atoms with Gasteiger partial charge in [-0.15, -0.1) is 0 Å². The van der Waals surface area contributed by atoms with Crippen LogP contribution in [0.4, 0.5) is 5.69 Å². The number of hydrogen-bond acceptors (Lipinski definition) is 5. The predicted octanol–water partition coefficient (Wildman–Crippen LogP) is 2.87. The Morgan fingerprint density at radius 3 is 2.41 bits per heavy atom. The van der Waals surface area contributed by atoms with Crippen LogP contribution >= 0.6 is 0 Å². The van der Waals surface area contributed by atoms with E-state index in [9.17, 15) is 18.3 Å². The van der Waals surface area contributed by atoms with Crippen molar-refractivity contribution in [1.82, 2.24) is 4.72 Å². The van der Waals surface area contributed by atoms with Gasteiger partial charge in [0.1, 0.15) is 0 Å². The van der Waals surface area contributed by atoms with E-state index in [4.69, 9.17) is 4.74 Å². The Kier molecular flexibility index (Phi) is 6.95. The molecule has 0 aliphatic heterocycles. The van der Waals surface area contributed by atoms with Crippen molar-refractivity contribution in [2.45, 2.75) is 30.8 Å². The fraction of sp³-hybridized carbons (Fsp3) is 0.316. The lowest BCUT2D eigenvalue weighted by atomic mass is 10.1. The molecule has 2 aromatic carbocycles. The molecule has 0 bridgehead atoms. The van der Waals surface area contributed by atoms with Crippen LogP contribution in [0.5, 0.6) is 0 Å². The highest BCUT2D eigenvalue weighted by molar-refractivity contribution is 7.89. The van der Waals surface area contributed by atoms with Crippen LogP contribution in [0.25, 0.3) is 0 Å². The summed E-state index contributed by atoms with van der Waals surface area (Å²) in [5, 5.41) is 12.5. The summed E-state index contributed by atoms with van der Waals surface area (Å²) in [6.07, 6.45) is 0. The summed E-state index contributed by atoms with van der Waals surface area (Å²) in [7, 11) is -2.34. The van der Waals surface area contributed by atoms with Crippen LogP contribution in [0.3, 0.4) is 0 Å². The smallest absolute Gasteiger partial charge is 0.337 e. The standard InChI is InChI=1S/C19H24N2O5S/c1-13(12-26-3)20-18-10-9-16(11-17(18)19(22)23)27(24,25)21-14(2)15-7-5-4-6-8-15/h4-11,13-14,20-21H,12H2,1-3H3,(H,22,23)/t13-,14-/m0/s1. The van der Waals surface area contributed by atoms with Gasteiger partial charge in [0.05, 0.1) is 17.1 Å². The van der Waals surface area contributed by atoms with Gasteiger partial charge in [0.15, 0.2) is 0 Å². The lowest BCUT2D eigenvalue weighted by molar-refractivity contribution is 0.0697. The lowest BCUT2D eigenvalue weighted by Crippen LogP contribution is -2.27. The zero-order valence-electron chi connectivity index (χ0n) is 15.5. The number of carboxylic acid groups (broad SMARTS) is 1. The first-order chi connectivity index (χ1) is 12.7. The van der Waals surface area contributed by atoms with Gasteiger partial charge < -0.3 is 15.2 Å². The van der Waals surface area contributed by atoms with Gasteiger partial charge >= 0.3 is 5.97 Å². The molecule has 0 aliphatic rings. The summed E-state index contributed by atoms with van der Waals surface area (Å²) >= 11 is 0. The third-order valence-corrected chi connectivity index (χ3v) is 5.52. The van der Waals surface area contributed by atoms with Gasteiger partial charge in [-0.2, -0.15) is 0 Å². The second-order valence-electron chi connectivity index (χ2n) is 6.27. The molecule has 0 radical (unpaired) electrons. The van der Waals surface area contributed by atoms with E-state index in [1.54, 1.807) is 14.0 Å². The van der Waals surface area contributed by atoms with Gasteiger partial charge in [0.25, 0.3) is 0 Å². The lowest BCUT2D eigenvalue weighted by Gasteiger charge is -2.18. The third kappa shape index (κ3) is 5.53. The molecule has 2 aromatic rings. The van der Waals surface area contributed by atoms with Gasteiger partial charge in [-0.3, -0.25) is 0 Å². The van der Waals surface area contributed by atoms with Crippen molar-refractivity contribution in [3.05, 3.63) is 59.7 Å². The number of ether oxygens (including phenoxy) is 1. The van der Waals surface area contributed by atoms with Crippen LogP contribution in [0.15, 0.2) is 53.4 Å². The molecule has 146 valence electrons. The van der Waals surface area contributed by atoms with Crippen molar-refractivity contribution in [3.63, 3.8) is 0 Å². The van der Waals surface area contributed by atoms with Crippen molar-refractivity contribution in [2.24, 2.45) is 0 Å². The Morgan fingerprint density at radius 1 is 1.15 bits per heavy atom. The summed E-state index contributed by atoms with van der Waals surface area (Å²) in [5.41, 5.74) is 1.03. The van der Waals surface area contributed by atoms with Crippen LogP contribution in [0.1, 0.15) is 35.8 Å². The van der Waals surface area contributed by atoms with E-state index in [0.717, 1.165) is 11.6 Å². The molecule has 7 nitrogen and oxygen atoms in total. The molecule has 0 unspecified atom stereocenters. The fourth-order valence-electron chi connectivity index (χ4n) is 2.66. The molecule has 0 aliphatic carbocycles. The molecular weight excluding hydrogens is 368 g/mol. The summed E-state index contributed by atoms with van der Waals surface area (Å²) in [5.74, 6) is -1.21. The summed E-state index contributed by atoms with van der Waals surface area (Å²) in [6, 6.07) is 12.5. The molecule has 8 heteroatoms. The van der Waals surface area contributed by atoms with Gasteiger partial charge in [-0.1, -0.05) is 30.3 Å². The van der Waals surface area contributed by atoms with Gasteiger partial charge in [-0.25, -0.2) is 17.9 Å². The van der Waals surface area contributed by atoms with E-state index in [-0.39, 0.29) is 16.5 Å². The number of carboxylic acids is 1. The Bertz CT molecular complexity index is 884. The average Bonchev–Trinajstić information content (AvgIpc) is 2.62. The molecule has 0 spiro atoms. The van der Waals surface area contributed by atoms with Crippen LogP contribution in [-0.4, -0.2) is 39.3 Å². The minimum absolute atomic E-state index is 0.104. The maximum Gasteiger partial charge on any atom is 0.337 e. The van der Waals surface area contributed by atoms with E-state index in [1.165, 1.54) is 12.1 Å².